The van der Waals surface area contributed by atoms with Crippen molar-refractivity contribution in [2.45, 2.75) is 20.4 Å². The Hall–Kier alpha value is -0.650. The van der Waals surface area contributed by atoms with Gasteiger partial charge >= 0.3 is 4.87 Å². The summed E-state index contributed by atoms with van der Waals surface area (Å²) >= 11 is 1.26. The minimum absolute atomic E-state index is 0.0575. The summed E-state index contributed by atoms with van der Waals surface area (Å²) in [5.41, 5.74) is 1.00. The Morgan fingerprint density at radius 3 is 2.67 bits per heavy atom. The van der Waals surface area contributed by atoms with E-state index in [4.69, 9.17) is 5.90 Å². The molecular weight excluding hydrogens is 176 g/mol. The molecule has 5 heteroatoms. The molecule has 0 radical (unpaired) electrons. The van der Waals surface area contributed by atoms with E-state index in [1.165, 1.54) is 11.3 Å². The maximum Gasteiger partial charge on any atom is 0.307 e. The van der Waals surface area contributed by atoms with E-state index in [1.807, 2.05) is 13.8 Å². The number of nitrogens with zero attached hydrogens (tertiary/aromatic N) is 1. The van der Waals surface area contributed by atoms with Crippen molar-refractivity contribution in [1.29, 1.82) is 0 Å². The number of aryl methyl sites for hydroxylation is 1. The predicted molar refractivity (Wildman–Crippen MR) is 48.2 cm³/mol. The van der Waals surface area contributed by atoms with Gasteiger partial charge in [0.25, 0.3) is 0 Å². The fourth-order valence-electron chi connectivity index (χ4n) is 0.990. The van der Waals surface area contributed by atoms with Crippen LogP contribution in [0.25, 0.3) is 0 Å². The first kappa shape index (κ1) is 9.44. The van der Waals surface area contributed by atoms with Crippen LogP contribution in [0.2, 0.25) is 0 Å². The van der Waals surface area contributed by atoms with Crippen LogP contribution in [0.15, 0.2) is 4.79 Å². The Bertz CT molecular complexity index is 316. The zero-order chi connectivity index (χ0) is 9.14. The summed E-state index contributed by atoms with van der Waals surface area (Å²) in [6.07, 6.45) is 0. The summed E-state index contributed by atoms with van der Waals surface area (Å²) in [5.74, 6) is 4.87. The first-order valence-electron chi connectivity index (χ1n) is 3.65. The van der Waals surface area contributed by atoms with E-state index in [0.29, 0.717) is 13.2 Å². The highest BCUT2D eigenvalue weighted by Crippen LogP contribution is 2.08. The number of rotatable bonds is 3. The molecule has 0 saturated heterocycles. The molecule has 0 fully saturated rings. The Kier molecular flexibility index (Phi) is 3.02. The van der Waals surface area contributed by atoms with Crippen molar-refractivity contribution < 1.29 is 4.84 Å². The summed E-state index contributed by atoms with van der Waals surface area (Å²) < 4.78 is 1.67. The zero-order valence-electron chi connectivity index (χ0n) is 7.16. The van der Waals surface area contributed by atoms with Gasteiger partial charge in [0.15, 0.2) is 0 Å². The fourth-order valence-corrected chi connectivity index (χ4v) is 1.85. The minimum Gasteiger partial charge on any atom is -0.303 e. The van der Waals surface area contributed by atoms with Gasteiger partial charge in [0.1, 0.15) is 0 Å². The van der Waals surface area contributed by atoms with E-state index < -0.39 is 0 Å². The topological polar surface area (TPSA) is 57.2 Å². The predicted octanol–water partition coefficient (Wildman–Crippen LogP) is 0.417. The second kappa shape index (κ2) is 3.84. The highest BCUT2D eigenvalue weighted by atomic mass is 32.1. The van der Waals surface area contributed by atoms with E-state index in [0.717, 1.165) is 10.6 Å². The van der Waals surface area contributed by atoms with Crippen molar-refractivity contribution in [3.8, 4) is 0 Å². The Labute approximate surface area is 74.5 Å². The summed E-state index contributed by atoms with van der Waals surface area (Å²) in [6, 6.07) is 0. The van der Waals surface area contributed by atoms with Gasteiger partial charge in [-0.2, -0.15) is 0 Å². The van der Waals surface area contributed by atoms with Gasteiger partial charge < -0.3 is 9.40 Å². The van der Waals surface area contributed by atoms with Crippen LogP contribution in [0.4, 0.5) is 0 Å². The molecule has 4 nitrogen and oxygen atoms in total. The molecule has 68 valence electrons. The third kappa shape index (κ3) is 1.74. The molecule has 1 heterocycles. The lowest BCUT2D eigenvalue weighted by Gasteiger charge is -2.02. The monoisotopic (exact) mass is 188 g/mol. The SMILES string of the molecule is Cc1sc(=O)n(CCON)c1C. The van der Waals surface area contributed by atoms with Gasteiger partial charge in [0, 0.05) is 10.6 Å². The molecule has 0 aliphatic rings. The number of hydrogen-bond acceptors (Lipinski definition) is 4. The van der Waals surface area contributed by atoms with E-state index in [2.05, 4.69) is 4.84 Å². The van der Waals surface area contributed by atoms with Crippen LogP contribution in [0.3, 0.4) is 0 Å². The normalized spacial score (nSPS) is 10.6. The van der Waals surface area contributed by atoms with Crippen molar-refractivity contribution >= 4 is 11.3 Å². The Morgan fingerprint density at radius 1 is 1.58 bits per heavy atom. The largest absolute Gasteiger partial charge is 0.307 e. The van der Waals surface area contributed by atoms with E-state index >= 15 is 0 Å². The summed E-state index contributed by atoms with van der Waals surface area (Å²) in [6.45, 7) is 4.76. The number of nitrogens with two attached hydrogens (primary N) is 1. The highest BCUT2D eigenvalue weighted by molar-refractivity contribution is 7.09. The molecule has 0 amide bonds. The van der Waals surface area contributed by atoms with Crippen LogP contribution in [-0.2, 0) is 11.4 Å². The molecule has 0 spiro atoms. The molecule has 1 rings (SSSR count). The molecule has 1 aromatic heterocycles. The van der Waals surface area contributed by atoms with Gasteiger partial charge in [-0.3, -0.25) is 4.79 Å². The number of thiazole rings is 1. The summed E-state index contributed by atoms with van der Waals surface area (Å²) in [5, 5.41) is 0. The first-order chi connectivity index (χ1) is 5.66. The van der Waals surface area contributed by atoms with Gasteiger partial charge in [-0.1, -0.05) is 11.3 Å². The third-order valence-electron chi connectivity index (χ3n) is 1.81. The Balaban J connectivity index is 2.90. The van der Waals surface area contributed by atoms with Crippen molar-refractivity contribution in [3.05, 3.63) is 20.2 Å². The zero-order valence-corrected chi connectivity index (χ0v) is 7.98. The number of hydrogen-bond donors (Lipinski definition) is 1. The summed E-state index contributed by atoms with van der Waals surface area (Å²) in [4.78, 5) is 16.8. The lowest BCUT2D eigenvalue weighted by molar-refractivity contribution is 0.128. The molecule has 0 bridgehead atoms. The molecule has 0 unspecified atom stereocenters. The average molecular weight is 188 g/mol. The molecule has 0 aliphatic heterocycles. The molecule has 0 aromatic carbocycles. The first-order valence-corrected chi connectivity index (χ1v) is 4.47. The molecule has 0 atom stereocenters. The van der Waals surface area contributed by atoms with Gasteiger partial charge in [-0.15, -0.1) is 0 Å². The fraction of sp³-hybridized carbons (Fsp3) is 0.571. The van der Waals surface area contributed by atoms with Crippen LogP contribution in [0.1, 0.15) is 10.6 Å². The minimum atomic E-state index is 0.0575. The van der Waals surface area contributed by atoms with Gasteiger partial charge in [0.2, 0.25) is 0 Å². The quantitative estimate of drug-likeness (QED) is 0.699. The summed E-state index contributed by atoms with van der Waals surface area (Å²) in [7, 11) is 0. The van der Waals surface area contributed by atoms with Crippen molar-refractivity contribution in [2.24, 2.45) is 5.90 Å². The van der Waals surface area contributed by atoms with Crippen LogP contribution in [0.5, 0.6) is 0 Å². The van der Waals surface area contributed by atoms with Crippen LogP contribution < -0.4 is 10.8 Å². The van der Waals surface area contributed by atoms with Gasteiger partial charge in [-0.25, -0.2) is 5.90 Å². The van der Waals surface area contributed by atoms with Crippen LogP contribution >= 0.6 is 11.3 Å². The van der Waals surface area contributed by atoms with Crippen molar-refractivity contribution in [3.63, 3.8) is 0 Å². The third-order valence-corrected chi connectivity index (χ3v) is 2.80. The standard InChI is InChI=1S/C7H12N2O2S/c1-5-6(2)12-7(10)9(5)3-4-11-8/h3-4,8H2,1-2H3. The maximum absolute atomic E-state index is 11.3. The smallest absolute Gasteiger partial charge is 0.303 e. The second-order valence-corrected chi connectivity index (χ2v) is 3.70. The molecule has 0 saturated carbocycles. The number of aromatic nitrogens is 1. The lowest BCUT2D eigenvalue weighted by atomic mass is 10.4. The maximum atomic E-state index is 11.3. The molecule has 1 aromatic rings. The molecule has 0 aliphatic carbocycles. The van der Waals surface area contributed by atoms with Gasteiger partial charge in [0.05, 0.1) is 13.2 Å². The van der Waals surface area contributed by atoms with Crippen molar-refractivity contribution in [1.82, 2.24) is 4.57 Å². The lowest BCUT2D eigenvalue weighted by Crippen LogP contribution is -2.19. The Morgan fingerprint density at radius 2 is 2.25 bits per heavy atom. The average Bonchev–Trinajstić information content (AvgIpc) is 2.25. The van der Waals surface area contributed by atoms with Crippen molar-refractivity contribution in [2.75, 3.05) is 6.61 Å². The van der Waals surface area contributed by atoms with Crippen LogP contribution in [0, 0.1) is 13.8 Å². The van der Waals surface area contributed by atoms with E-state index in [1.54, 1.807) is 4.57 Å². The highest BCUT2D eigenvalue weighted by Gasteiger charge is 2.05. The molecule has 12 heavy (non-hydrogen) atoms. The van der Waals surface area contributed by atoms with Gasteiger partial charge in [-0.05, 0) is 13.8 Å². The molecule has 2 N–H and O–H groups in total. The van der Waals surface area contributed by atoms with E-state index in [9.17, 15) is 4.79 Å². The second-order valence-electron chi connectivity index (χ2n) is 2.53. The molecular formula is C7H12N2O2S. The van der Waals surface area contributed by atoms with Crippen LogP contribution in [-0.4, -0.2) is 11.2 Å². The van der Waals surface area contributed by atoms with E-state index in [-0.39, 0.29) is 4.87 Å².